The Kier molecular flexibility index (Phi) is 7.06. The van der Waals surface area contributed by atoms with Crippen LogP contribution >= 0.6 is 46.6 Å². The van der Waals surface area contributed by atoms with E-state index in [0.717, 1.165) is 27.7 Å². The topological polar surface area (TPSA) is 17.8 Å². The highest BCUT2D eigenvalue weighted by molar-refractivity contribution is 7.98. The van der Waals surface area contributed by atoms with Gasteiger partial charge in [0.1, 0.15) is 17.5 Å². The van der Waals surface area contributed by atoms with E-state index in [0.29, 0.717) is 20.8 Å². The van der Waals surface area contributed by atoms with Gasteiger partial charge in [0, 0.05) is 22.2 Å². The molecule has 0 unspecified atom stereocenters. The van der Waals surface area contributed by atoms with Gasteiger partial charge in [-0.2, -0.15) is 0 Å². The number of rotatable bonds is 6. The number of hydrogen-bond acceptors (Lipinski definition) is 2. The van der Waals surface area contributed by atoms with Crippen molar-refractivity contribution in [2.45, 2.75) is 29.9 Å². The van der Waals surface area contributed by atoms with Crippen LogP contribution in [0, 0.1) is 11.6 Å². The average molecular weight is 524 g/mol. The third-order valence-corrected chi connectivity index (χ3v) is 7.69. The van der Waals surface area contributed by atoms with Gasteiger partial charge < -0.3 is 0 Å². The summed E-state index contributed by atoms with van der Waals surface area (Å²) in [5, 5.41) is 1.30. The summed E-state index contributed by atoms with van der Waals surface area (Å²) in [5.41, 5.74) is 2.14. The van der Waals surface area contributed by atoms with Gasteiger partial charge in [-0.05, 0) is 60.2 Å². The Morgan fingerprint density at radius 1 is 0.848 bits per heavy atom. The lowest BCUT2D eigenvalue weighted by Gasteiger charge is -2.28. The van der Waals surface area contributed by atoms with Gasteiger partial charge >= 0.3 is 0 Å². The van der Waals surface area contributed by atoms with E-state index in [1.54, 1.807) is 24.3 Å². The van der Waals surface area contributed by atoms with Crippen LogP contribution in [0.4, 0.5) is 8.78 Å². The molecule has 4 aromatic rings. The van der Waals surface area contributed by atoms with Crippen molar-refractivity contribution in [2.75, 3.05) is 0 Å². The minimum Gasteiger partial charge on any atom is -0.299 e. The summed E-state index contributed by atoms with van der Waals surface area (Å²) in [6, 6.07) is 16.1. The molecule has 0 saturated carbocycles. The minimum atomic E-state index is -0.494. The van der Waals surface area contributed by atoms with Crippen molar-refractivity contribution in [1.82, 2.24) is 9.55 Å². The number of aromatic nitrogens is 2. The molecule has 0 fully saturated rings. The van der Waals surface area contributed by atoms with E-state index in [1.165, 1.54) is 36.0 Å². The fourth-order valence-electron chi connectivity index (χ4n) is 3.58. The van der Waals surface area contributed by atoms with Crippen molar-refractivity contribution < 1.29 is 8.78 Å². The SMILES string of the molecule is CC(C)(c1ccc(Cl)c(Cl)c1)c1cnc(CSc2ccc(F)cc2Cl)n1-c1ccc(F)cc1. The monoisotopic (exact) mass is 522 g/mol. The molecule has 3 aromatic carbocycles. The highest BCUT2D eigenvalue weighted by atomic mass is 35.5. The van der Waals surface area contributed by atoms with Crippen molar-refractivity contribution in [3.05, 3.63) is 111 Å². The zero-order valence-corrected chi connectivity index (χ0v) is 20.8. The van der Waals surface area contributed by atoms with Crippen LogP contribution in [0.15, 0.2) is 71.8 Å². The molecule has 0 atom stereocenters. The summed E-state index contributed by atoms with van der Waals surface area (Å²) in [5.74, 6) is 0.510. The van der Waals surface area contributed by atoms with E-state index >= 15 is 0 Å². The molecule has 2 nitrogen and oxygen atoms in total. The van der Waals surface area contributed by atoms with E-state index < -0.39 is 5.41 Å². The lowest BCUT2D eigenvalue weighted by Crippen LogP contribution is -2.23. The van der Waals surface area contributed by atoms with Crippen LogP contribution in [0.1, 0.15) is 30.9 Å². The van der Waals surface area contributed by atoms with Crippen LogP contribution in [0.5, 0.6) is 0 Å². The van der Waals surface area contributed by atoms with Crippen molar-refractivity contribution in [2.24, 2.45) is 0 Å². The van der Waals surface area contributed by atoms with E-state index in [9.17, 15) is 8.78 Å². The third-order valence-electron chi connectivity index (χ3n) is 5.45. The van der Waals surface area contributed by atoms with E-state index in [4.69, 9.17) is 34.8 Å². The van der Waals surface area contributed by atoms with Crippen LogP contribution in [-0.4, -0.2) is 9.55 Å². The second-order valence-corrected chi connectivity index (χ2v) is 10.2. The fourth-order valence-corrected chi connectivity index (χ4v) is 5.06. The normalized spacial score (nSPS) is 11.7. The first-order valence-electron chi connectivity index (χ1n) is 10.0. The van der Waals surface area contributed by atoms with Gasteiger partial charge in [0.15, 0.2) is 0 Å². The van der Waals surface area contributed by atoms with Gasteiger partial charge in [0.25, 0.3) is 0 Å². The number of imidazole rings is 1. The molecule has 4 rings (SSSR count). The maximum atomic E-state index is 13.7. The minimum absolute atomic E-state index is 0.321. The predicted molar refractivity (Wildman–Crippen MR) is 133 cm³/mol. The lowest BCUT2D eigenvalue weighted by molar-refractivity contribution is 0.597. The molecule has 0 N–H and O–H groups in total. The summed E-state index contributed by atoms with van der Waals surface area (Å²) in [7, 11) is 0. The van der Waals surface area contributed by atoms with Gasteiger partial charge in [0.2, 0.25) is 0 Å². The zero-order valence-electron chi connectivity index (χ0n) is 17.8. The molecule has 0 radical (unpaired) electrons. The van der Waals surface area contributed by atoms with Crippen LogP contribution in [-0.2, 0) is 11.2 Å². The lowest BCUT2D eigenvalue weighted by atomic mass is 9.81. The molecule has 0 aliphatic rings. The van der Waals surface area contributed by atoms with Gasteiger partial charge in [-0.15, -0.1) is 11.8 Å². The molecule has 0 bridgehead atoms. The molecule has 33 heavy (non-hydrogen) atoms. The second-order valence-electron chi connectivity index (χ2n) is 7.99. The van der Waals surface area contributed by atoms with Crippen LogP contribution in [0.2, 0.25) is 15.1 Å². The summed E-state index contributed by atoms with van der Waals surface area (Å²) in [6.45, 7) is 4.13. The van der Waals surface area contributed by atoms with E-state index in [2.05, 4.69) is 18.8 Å². The Labute approximate surface area is 210 Å². The van der Waals surface area contributed by atoms with Crippen molar-refractivity contribution >= 4 is 46.6 Å². The number of hydrogen-bond donors (Lipinski definition) is 0. The number of thioether (sulfide) groups is 1. The van der Waals surface area contributed by atoms with Gasteiger partial charge in [-0.25, -0.2) is 13.8 Å². The molecule has 1 aromatic heterocycles. The van der Waals surface area contributed by atoms with Crippen molar-refractivity contribution in [3.63, 3.8) is 0 Å². The van der Waals surface area contributed by atoms with Gasteiger partial charge in [-0.1, -0.05) is 54.7 Å². The fraction of sp³-hybridized carbons (Fsp3) is 0.160. The number of nitrogens with zero attached hydrogens (tertiary/aromatic N) is 2. The van der Waals surface area contributed by atoms with Crippen molar-refractivity contribution in [1.29, 1.82) is 0 Å². The maximum Gasteiger partial charge on any atom is 0.124 e. The summed E-state index contributed by atoms with van der Waals surface area (Å²) in [6.07, 6.45) is 1.81. The van der Waals surface area contributed by atoms with Crippen LogP contribution < -0.4 is 0 Å². The zero-order chi connectivity index (χ0) is 23.8. The second kappa shape index (κ2) is 9.67. The highest BCUT2D eigenvalue weighted by Gasteiger charge is 2.30. The molecular weight excluding hydrogens is 505 g/mol. The molecule has 0 saturated heterocycles. The Hall–Kier alpha value is -2.05. The summed E-state index contributed by atoms with van der Waals surface area (Å²) < 4.78 is 29.1. The van der Waals surface area contributed by atoms with Crippen LogP contribution in [0.25, 0.3) is 5.69 Å². The van der Waals surface area contributed by atoms with Gasteiger partial charge in [0.05, 0.1) is 26.5 Å². The number of halogens is 5. The van der Waals surface area contributed by atoms with Crippen molar-refractivity contribution in [3.8, 4) is 5.69 Å². The molecule has 0 aliphatic heterocycles. The third kappa shape index (κ3) is 5.07. The summed E-state index contributed by atoms with van der Waals surface area (Å²) >= 11 is 20.1. The highest BCUT2D eigenvalue weighted by Crippen LogP contribution is 2.38. The Morgan fingerprint density at radius 3 is 2.21 bits per heavy atom. The predicted octanol–water partition coefficient (Wildman–Crippen LogP) is 8.73. The molecular formula is C25H19Cl3F2N2S. The first-order valence-corrected chi connectivity index (χ1v) is 12.1. The average Bonchev–Trinajstić information content (AvgIpc) is 3.20. The molecule has 8 heteroatoms. The largest absolute Gasteiger partial charge is 0.299 e. The quantitative estimate of drug-likeness (QED) is 0.235. The van der Waals surface area contributed by atoms with Crippen LogP contribution in [0.3, 0.4) is 0 Å². The standard InChI is InChI=1S/C25H19Cl3F2N2S/c1-25(2,15-3-9-19(26)20(27)11-15)23-13-31-24(32(23)18-7-4-16(29)5-8-18)14-33-22-10-6-17(30)12-21(22)28/h3-13H,14H2,1-2H3. The maximum absolute atomic E-state index is 13.7. The molecule has 1 heterocycles. The smallest absolute Gasteiger partial charge is 0.124 e. The first-order chi connectivity index (χ1) is 15.7. The Balaban J connectivity index is 1.78. The molecule has 0 aliphatic carbocycles. The first kappa shape index (κ1) is 24.1. The Morgan fingerprint density at radius 2 is 1.55 bits per heavy atom. The van der Waals surface area contributed by atoms with E-state index in [1.807, 2.05) is 22.9 Å². The Bertz CT molecular complexity index is 1300. The summed E-state index contributed by atoms with van der Waals surface area (Å²) in [4.78, 5) is 5.43. The number of benzene rings is 3. The molecule has 170 valence electrons. The van der Waals surface area contributed by atoms with Gasteiger partial charge in [-0.3, -0.25) is 4.57 Å². The molecule has 0 amide bonds. The molecule has 0 spiro atoms. The van der Waals surface area contributed by atoms with E-state index in [-0.39, 0.29) is 11.6 Å².